The van der Waals surface area contributed by atoms with Crippen LogP contribution < -0.4 is 5.32 Å². The van der Waals surface area contributed by atoms with Crippen LogP contribution in [0.25, 0.3) is 11.0 Å². The van der Waals surface area contributed by atoms with Crippen LogP contribution in [0.1, 0.15) is 47.4 Å². The van der Waals surface area contributed by atoms with E-state index in [0.29, 0.717) is 17.2 Å². The first kappa shape index (κ1) is 17.0. The molecule has 0 aromatic carbocycles. The van der Waals surface area contributed by atoms with Gasteiger partial charge in [-0.25, -0.2) is 9.97 Å². The van der Waals surface area contributed by atoms with Gasteiger partial charge in [0.1, 0.15) is 0 Å². The molecule has 6 nitrogen and oxygen atoms in total. The minimum Gasteiger partial charge on any atom is -0.321 e. The van der Waals surface area contributed by atoms with Crippen LogP contribution in [0.4, 0.5) is 5.69 Å². The molecule has 1 amide bonds. The molecule has 1 aliphatic rings. The first-order valence-electron chi connectivity index (χ1n) is 8.81. The maximum absolute atomic E-state index is 13.0. The van der Waals surface area contributed by atoms with Crippen molar-refractivity contribution in [2.75, 3.05) is 11.1 Å². The summed E-state index contributed by atoms with van der Waals surface area (Å²) in [6.45, 7) is 4.00. The first-order valence-corrected chi connectivity index (χ1v) is 9.79. The predicted molar refractivity (Wildman–Crippen MR) is 104 cm³/mol. The van der Waals surface area contributed by atoms with E-state index < -0.39 is 0 Å². The van der Waals surface area contributed by atoms with Gasteiger partial charge >= 0.3 is 0 Å². The lowest BCUT2D eigenvalue weighted by molar-refractivity contribution is 0.102. The number of nitrogens with zero attached hydrogens (tertiary/aromatic N) is 4. The second kappa shape index (κ2) is 6.72. The van der Waals surface area contributed by atoms with Crippen LogP contribution in [0.3, 0.4) is 0 Å². The molecular formula is C19H21N5OS. The van der Waals surface area contributed by atoms with Crippen molar-refractivity contribution in [3.63, 3.8) is 0 Å². The second-order valence-corrected chi connectivity index (χ2v) is 7.83. The van der Waals surface area contributed by atoms with Gasteiger partial charge in [0.05, 0.1) is 33.6 Å². The van der Waals surface area contributed by atoms with Gasteiger partial charge < -0.3 is 5.32 Å². The van der Waals surface area contributed by atoms with Crippen LogP contribution in [-0.2, 0) is 7.05 Å². The summed E-state index contributed by atoms with van der Waals surface area (Å²) in [6, 6.07) is 5.74. The van der Waals surface area contributed by atoms with Crippen molar-refractivity contribution in [1.82, 2.24) is 19.7 Å². The number of hydrogen-bond acceptors (Lipinski definition) is 5. The standard InChI is InChI=1S/C19H21N5OS/c1-4-26-16-8-7-13(10-20-16)21-19(25)14-9-15(12-5-6-12)22-18-17(14)11(2)23-24(18)3/h7-10,12H,4-6H2,1-3H3,(H,21,25). The monoisotopic (exact) mass is 367 g/mol. The number of carbonyl (C=O) groups excluding carboxylic acids is 1. The highest BCUT2D eigenvalue weighted by molar-refractivity contribution is 7.99. The summed E-state index contributed by atoms with van der Waals surface area (Å²) in [5.74, 6) is 1.29. The average molecular weight is 367 g/mol. The Morgan fingerprint density at radius 2 is 2.19 bits per heavy atom. The molecule has 0 unspecified atom stereocenters. The van der Waals surface area contributed by atoms with Gasteiger partial charge in [0.15, 0.2) is 5.65 Å². The number of rotatable bonds is 5. The number of aryl methyl sites for hydroxylation is 2. The van der Waals surface area contributed by atoms with Gasteiger partial charge in [-0.15, -0.1) is 11.8 Å². The molecule has 1 aliphatic carbocycles. The third-order valence-corrected chi connectivity index (χ3v) is 5.34. The number of anilines is 1. The fourth-order valence-corrected chi connectivity index (χ4v) is 3.70. The van der Waals surface area contributed by atoms with Crippen molar-refractivity contribution in [2.24, 2.45) is 7.05 Å². The molecule has 0 atom stereocenters. The Bertz CT molecular complexity index is 976. The molecule has 26 heavy (non-hydrogen) atoms. The fourth-order valence-electron chi connectivity index (χ4n) is 3.12. The van der Waals surface area contributed by atoms with Crippen molar-refractivity contribution < 1.29 is 4.79 Å². The third-order valence-electron chi connectivity index (χ3n) is 4.52. The van der Waals surface area contributed by atoms with Gasteiger partial charge in [-0.1, -0.05) is 6.92 Å². The van der Waals surface area contributed by atoms with E-state index >= 15 is 0 Å². The van der Waals surface area contributed by atoms with Crippen molar-refractivity contribution in [3.05, 3.63) is 41.3 Å². The average Bonchev–Trinajstić information content (AvgIpc) is 3.43. The SMILES string of the molecule is CCSc1ccc(NC(=O)c2cc(C3CC3)nc3c2c(C)nn3C)cn1. The Labute approximate surface area is 156 Å². The van der Waals surface area contributed by atoms with Gasteiger partial charge in [0, 0.05) is 18.7 Å². The number of aromatic nitrogens is 4. The predicted octanol–water partition coefficient (Wildman–Crippen LogP) is 3.91. The van der Waals surface area contributed by atoms with E-state index in [0.717, 1.165) is 46.0 Å². The molecule has 0 radical (unpaired) electrons. The highest BCUT2D eigenvalue weighted by Crippen LogP contribution is 2.40. The smallest absolute Gasteiger partial charge is 0.256 e. The molecule has 134 valence electrons. The number of fused-ring (bicyclic) bond motifs is 1. The quantitative estimate of drug-likeness (QED) is 0.692. The molecule has 0 saturated heterocycles. The van der Waals surface area contributed by atoms with E-state index in [1.165, 1.54) is 0 Å². The maximum Gasteiger partial charge on any atom is 0.256 e. The summed E-state index contributed by atoms with van der Waals surface area (Å²) in [7, 11) is 1.87. The van der Waals surface area contributed by atoms with Gasteiger partial charge in [-0.2, -0.15) is 5.10 Å². The van der Waals surface area contributed by atoms with E-state index in [-0.39, 0.29) is 5.91 Å². The summed E-state index contributed by atoms with van der Waals surface area (Å²) < 4.78 is 1.76. The molecule has 3 aromatic heterocycles. The minimum atomic E-state index is -0.145. The van der Waals surface area contributed by atoms with Gasteiger partial charge in [0.25, 0.3) is 5.91 Å². The molecule has 0 bridgehead atoms. The molecule has 0 spiro atoms. The molecule has 1 fully saturated rings. The van der Waals surface area contributed by atoms with E-state index in [4.69, 9.17) is 4.98 Å². The minimum absolute atomic E-state index is 0.145. The number of nitrogens with one attached hydrogen (secondary N) is 1. The third kappa shape index (κ3) is 3.19. The van der Waals surface area contributed by atoms with Crippen molar-refractivity contribution >= 4 is 34.4 Å². The summed E-state index contributed by atoms with van der Waals surface area (Å²) in [4.78, 5) is 22.1. The molecule has 1 saturated carbocycles. The van der Waals surface area contributed by atoms with E-state index in [9.17, 15) is 4.79 Å². The Kier molecular flexibility index (Phi) is 4.40. The van der Waals surface area contributed by atoms with E-state index in [1.807, 2.05) is 32.2 Å². The number of carbonyl (C=O) groups is 1. The Balaban J connectivity index is 1.69. The van der Waals surface area contributed by atoms with E-state index in [2.05, 4.69) is 22.3 Å². The highest BCUT2D eigenvalue weighted by atomic mass is 32.2. The number of amides is 1. The molecule has 0 aliphatic heterocycles. The second-order valence-electron chi connectivity index (χ2n) is 6.55. The zero-order valence-electron chi connectivity index (χ0n) is 15.1. The van der Waals surface area contributed by atoms with Gasteiger partial charge in [-0.05, 0) is 43.7 Å². The van der Waals surface area contributed by atoms with Crippen LogP contribution in [0.2, 0.25) is 0 Å². The topological polar surface area (TPSA) is 72.7 Å². The molecule has 1 N–H and O–H groups in total. The van der Waals surface area contributed by atoms with Gasteiger partial charge in [-0.3, -0.25) is 9.48 Å². The zero-order valence-corrected chi connectivity index (χ0v) is 15.9. The summed E-state index contributed by atoms with van der Waals surface area (Å²) in [6.07, 6.45) is 3.97. The fraction of sp³-hybridized carbons (Fsp3) is 0.368. The Hall–Kier alpha value is -2.41. The van der Waals surface area contributed by atoms with Crippen LogP contribution in [0.5, 0.6) is 0 Å². The largest absolute Gasteiger partial charge is 0.321 e. The normalized spacial score (nSPS) is 14.0. The molecule has 3 aromatic rings. The molecule has 3 heterocycles. The number of pyridine rings is 2. The van der Waals surface area contributed by atoms with Crippen LogP contribution in [0.15, 0.2) is 29.4 Å². The first-order chi connectivity index (χ1) is 12.6. The Morgan fingerprint density at radius 1 is 1.38 bits per heavy atom. The molecule has 4 rings (SSSR count). The number of thioether (sulfide) groups is 1. The summed E-state index contributed by atoms with van der Waals surface area (Å²) >= 11 is 1.67. The lowest BCUT2D eigenvalue weighted by atomic mass is 10.1. The van der Waals surface area contributed by atoms with Gasteiger partial charge in [0.2, 0.25) is 0 Å². The highest BCUT2D eigenvalue weighted by Gasteiger charge is 2.28. The lowest BCUT2D eigenvalue weighted by Crippen LogP contribution is -2.14. The Morgan fingerprint density at radius 3 is 2.85 bits per heavy atom. The van der Waals surface area contributed by atoms with E-state index in [1.54, 1.807) is 22.6 Å². The number of hydrogen-bond donors (Lipinski definition) is 1. The van der Waals surface area contributed by atoms with Crippen LogP contribution in [-0.4, -0.2) is 31.4 Å². The van der Waals surface area contributed by atoms with Crippen molar-refractivity contribution in [2.45, 2.75) is 37.6 Å². The molecular weight excluding hydrogens is 346 g/mol. The van der Waals surface area contributed by atoms with Crippen molar-refractivity contribution in [1.29, 1.82) is 0 Å². The lowest BCUT2D eigenvalue weighted by Gasteiger charge is -2.09. The van der Waals surface area contributed by atoms with Crippen LogP contribution >= 0.6 is 11.8 Å². The summed E-state index contributed by atoms with van der Waals surface area (Å²) in [5.41, 5.74) is 3.89. The maximum atomic E-state index is 13.0. The van der Waals surface area contributed by atoms with Crippen molar-refractivity contribution in [3.8, 4) is 0 Å². The summed E-state index contributed by atoms with van der Waals surface area (Å²) in [5, 5.41) is 9.19. The van der Waals surface area contributed by atoms with Crippen LogP contribution in [0, 0.1) is 6.92 Å². The zero-order chi connectivity index (χ0) is 18.3. The molecule has 7 heteroatoms.